The maximum absolute atomic E-state index is 12.6. The lowest BCUT2D eigenvalue weighted by atomic mass is 9.62. The van der Waals surface area contributed by atoms with Crippen molar-refractivity contribution in [1.82, 2.24) is 0 Å². The van der Waals surface area contributed by atoms with Crippen molar-refractivity contribution in [2.75, 3.05) is 0 Å². The van der Waals surface area contributed by atoms with E-state index in [1.807, 2.05) is 0 Å². The number of rotatable bonds is 6. The number of ketones is 1. The Kier molecular flexibility index (Phi) is 5.64. The first kappa shape index (κ1) is 17.1. The summed E-state index contributed by atoms with van der Waals surface area (Å²) in [6, 6.07) is 0. The Bertz CT molecular complexity index is 346. The third-order valence-electron chi connectivity index (χ3n) is 8.53. The fourth-order valence-electron chi connectivity index (χ4n) is 7.35. The minimum Gasteiger partial charge on any atom is -0.300 e. The van der Waals surface area contributed by atoms with E-state index < -0.39 is 0 Å². The molecule has 0 aromatic heterocycles. The molecule has 4 bridgehead atoms. The van der Waals surface area contributed by atoms with E-state index in [1.165, 1.54) is 89.9 Å². The smallest absolute Gasteiger partial charge is 0.132 e. The fourth-order valence-corrected chi connectivity index (χ4v) is 7.35. The fraction of sp³-hybridized carbons (Fsp3) is 0.957. The van der Waals surface area contributed by atoms with Crippen LogP contribution in [0.15, 0.2) is 0 Å². The number of hydrogen-bond donors (Lipinski definition) is 0. The molecular weight excluding hydrogens is 292 g/mol. The summed E-state index contributed by atoms with van der Waals surface area (Å²) in [7, 11) is 0. The predicted molar refractivity (Wildman–Crippen MR) is 99.8 cm³/mol. The molecule has 4 aliphatic rings. The molecule has 4 aliphatic carbocycles. The maximum atomic E-state index is 12.6. The van der Waals surface area contributed by atoms with Crippen molar-refractivity contribution < 1.29 is 4.79 Å². The van der Waals surface area contributed by atoms with Crippen LogP contribution in [0.1, 0.15) is 103 Å². The van der Waals surface area contributed by atoms with Gasteiger partial charge in [-0.1, -0.05) is 77.0 Å². The monoisotopic (exact) mass is 330 g/mol. The van der Waals surface area contributed by atoms with Crippen LogP contribution in [0.2, 0.25) is 0 Å². The number of hydrogen-bond acceptors (Lipinski definition) is 1. The minimum atomic E-state index is 0.599. The summed E-state index contributed by atoms with van der Waals surface area (Å²) in [5, 5.41) is 0. The Morgan fingerprint density at radius 1 is 0.542 bits per heavy atom. The van der Waals surface area contributed by atoms with Crippen LogP contribution in [0, 0.1) is 35.5 Å². The Labute approximate surface area is 149 Å². The molecule has 0 aromatic rings. The molecule has 136 valence electrons. The number of fused-ring (bicyclic) bond motifs is 4. The Morgan fingerprint density at radius 3 is 1.12 bits per heavy atom. The maximum Gasteiger partial charge on any atom is 0.132 e. The van der Waals surface area contributed by atoms with Gasteiger partial charge in [0.05, 0.1) is 0 Å². The molecule has 4 saturated carbocycles. The molecule has 0 heterocycles. The molecule has 0 radical (unpaired) electrons. The van der Waals surface area contributed by atoms with Gasteiger partial charge in [0.15, 0.2) is 0 Å². The summed E-state index contributed by atoms with van der Waals surface area (Å²) in [6.45, 7) is 0. The van der Waals surface area contributed by atoms with Crippen LogP contribution in [0.4, 0.5) is 0 Å². The molecule has 4 fully saturated rings. The average Bonchev–Trinajstić information content (AvgIpc) is 2.57. The molecule has 4 rings (SSSR count). The highest BCUT2D eigenvalue weighted by atomic mass is 16.1. The van der Waals surface area contributed by atoms with Crippen molar-refractivity contribution in [3.8, 4) is 0 Å². The van der Waals surface area contributed by atoms with Gasteiger partial charge in [0.2, 0.25) is 0 Å². The van der Waals surface area contributed by atoms with Gasteiger partial charge in [0, 0.05) is 12.8 Å². The number of carbonyl (C=O) groups excluding carboxylic acids is 1. The highest BCUT2D eigenvalue weighted by molar-refractivity contribution is 5.78. The summed E-state index contributed by atoms with van der Waals surface area (Å²) >= 11 is 0. The van der Waals surface area contributed by atoms with Crippen LogP contribution >= 0.6 is 0 Å². The quantitative estimate of drug-likeness (QED) is 0.539. The topological polar surface area (TPSA) is 17.1 Å². The highest BCUT2D eigenvalue weighted by Gasteiger charge is 2.37. The lowest BCUT2D eigenvalue weighted by Gasteiger charge is -2.43. The molecule has 0 N–H and O–H groups in total. The van der Waals surface area contributed by atoms with Gasteiger partial charge in [-0.25, -0.2) is 0 Å². The van der Waals surface area contributed by atoms with Crippen molar-refractivity contribution in [2.24, 2.45) is 35.5 Å². The molecular formula is C23H38O. The van der Waals surface area contributed by atoms with Gasteiger partial charge in [-0.2, -0.15) is 0 Å². The van der Waals surface area contributed by atoms with Crippen LogP contribution in [-0.2, 0) is 4.79 Å². The molecule has 0 atom stereocenters. The summed E-state index contributed by atoms with van der Waals surface area (Å²) in [4.78, 5) is 12.6. The molecule has 0 aromatic carbocycles. The van der Waals surface area contributed by atoms with Crippen molar-refractivity contribution >= 4 is 5.78 Å². The molecule has 0 unspecified atom stereocenters. The van der Waals surface area contributed by atoms with E-state index in [0.29, 0.717) is 5.78 Å². The first-order valence-electron chi connectivity index (χ1n) is 11.3. The second-order valence-corrected chi connectivity index (χ2v) is 9.71. The minimum absolute atomic E-state index is 0.599. The van der Waals surface area contributed by atoms with Crippen molar-refractivity contribution in [3.05, 3.63) is 0 Å². The third kappa shape index (κ3) is 3.75. The largest absolute Gasteiger partial charge is 0.300 e. The lowest BCUT2D eigenvalue weighted by Crippen LogP contribution is -2.33. The van der Waals surface area contributed by atoms with Crippen LogP contribution < -0.4 is 0 Å². The molecule has 0 amide bonds. The molecule has 0 spiro atoms. The van der Waals surface area contributed by atoms with Crippen LogP contribution in [-0.4, -0.2) is 5.78 Å². The molecule has 0 aliphatic heterocycles. The summed E-state index contributed by atoms with van der Waals surface area (Å²) in [5.74, 6) is 6.32. The summed E-state index contributed by atoms with van der Waals surface area (Å²) < 4.78 is 0. The predicted octanol–water partition coefficient (Wildman–Crippen LogP) is 6.55. The van der Waals surface area contributed by atoms with Gasteiger partial charge in [-0.15, -0.1) is 0 Å². The van der Waals surface area contributed by atoms with E-state index in [4.69, 9.17) is 0 Å². The summed E-state index contributed by atoms with van der Waals surface area (Å²) in [5.41, 5.74) is 0. The van der Waals surface area contributed by atoms with Gasteiger partial charge < -0.3 is 0 Å². The molecule has 1 nitrogen and oxygen atoms in total. The van der Waals surface area contributed by atoms with Gasteiger partial charge in [-0.05, 0) is 48.3 Å². The van der Waals surface area contributed by atoms with E-state index in [1.54, 1.807) is 0 Å². The Balaban J connectivity index is 1.22. The highest BCUT2D eigenvalue weighted by Crippen LogP contribution is 2.48. The normalized spacial score (nSPS) is 41.8. The second kappa shape index (κ2) is 7.92. The van der Waals surface area contributed by atoms with E-state index >= 15 is 0 Å². The zero-order chi connectivity index (χ0) is 16.4. The van der Waals surface area contributed by atoms with Gasteiger partial charge >= 0.3 is 0 Å². The van der Waals surface area contributed by atoms with Crippen molar-refractivity contribution in [2.45, 2.75) is 103 Å². The van der Waals surface area contributed by atoms with Gasteiger partial charge in [0.25, 0.3) is 0 Å². The first-order chi connectivity index (χ1) is 11.8. The van der Waals surface area contributed by atoms with Crippen LogP contribution in [0.5, 0.6) is 0 Å². The van der Waals surface area contributed by atoms with Crippen molar-refractivity contribution in [1.29, 1.82) is 0 Å². The van der Waals surface area contributed by atoms with Crippen molar-refractivity contribution in [3.63, 3.8) is 0 Å². The van der Waals surface area contributed by atoms with E-state index in [2.05, 4.69) is 0 Å². The van der Waals surface area contributed by atoms with E-state index in [-0.39, 0.29) is 0 Å². The standard InChI is InChI=1S/C23H38O/c24-21(13-15-22-17-5-1-6-18(22)8-2-7-17)14-16-23-19-9-3-10-20(23)12-4-11-19/h17-20,22-23H,1-16H2. The molecule has 24 heavy (non-hydrogen) atoms. The average molecular weight is 331 g/mol. The second-order valence-electron chi connectivity index (χ2n) is 9.71. The number of carbonyl (C=O) groups is 1. The van der Waals surface area contributed by atoms with Gasteiger partial charge in [-0.3, -0.25) is 4.79 Å². The Hall–Kier alpha value is -0.330. The zero-order valence-electron chi connectivity index (χ0n) is 15.7. The van der Waals surface area contributed by atoms with E-state index in [9.17, 15) is 4.79 Å². The van der Waals surface area contributed by atoms with E-state index in [0.717, 1.165) is 48.3 Å². The van der Waals surface area contributed by atoms with Crippen LogP contribution in [0.25, 0.3) is 0 Å². The third-order valence-corrected chi connectivity index (χ3v) is 8.53. The first-order valence-corrected chi connectivity index (χ1v) is 11.3. The SMILES string of the molecule is O=C(CCC1C2CCCC1CCC2)CCC1C2CCCC1CCC2. The molecule has 1 heteroatoms. The summed E-state index contributed by atoms with van der Waals surface area (Å²) in [6.07, 6.45) is 21.8. The Morgan fingerprint density at radius 2 is 0.833 bits per heavy atom. The number of Topliss-reactive ketones (excluding diaryl/α,β-unsaturated/α-hetero) is 1. The van der Waals surface area contributed by atoms with Gasteiger partial charge in [0.1, 0.15) is 5.78 Å². The van der Waals surface area contributed by atoms with Crippen LogP contribution in [0.3, 0.4) is 0 Å². The lowest BCUT2D eigenvalue weighted by molar-refractivity contribution is -0.120. The molecule has 0 saturated heterocycles. The zero-order valence-corrected chi connectivity index (χ0v) is 15.7.